The first-order chi connectivity index (χ1) is 6.29. The largest absolute Gasteiger partial charge is 0.272 e. The Hall–Kier alpha value is -1.78. The second kappa shape index (κ2) is 2.93. The van der Waals surface area contributed by atoms with Gasteiger partial charge < -0.3 is 0 Å². The zero-order valence-corrected chi connectivity index (χ0v) is 6.48. The van der Waals surface area contributed by atoms with Crippen LogP contribution in [-0.2, 0) is 0 Å². The van der Waals surface area contributed by atoms with Crippen molar-refractivity contribution in [3.8, 4) is 11.3 Å². The molecule has 66 valence electrons. The molecule has 0 fully saturated rings. The lowest BCUT2D eigenvalue weighted by Crippen LogP contribution is -1.88. The highest BCUT2D eigenvalue weighted by Gasteiger charge is 2.13. The molecule has 1 aromatic carbocycles. The van der Waals surface area contributed by atoms with Crippen molar-refractivity contribution in [1.29, 1.82) is 0 Å². The van der Waals surface area contributed by atoms with E-state index in [1.807, 2.05) is 0 Å². The summed E-state index contributed by atoms with van der Waals surface area (Å²) < 4.78 is 25.3. The van der Waals surface area contributed by atoms with E-state index in [0.717, 1.165) is 0 Å². The Morgan fingerprint density at radius 2 is 1.85 bits per heavy atom. The Kier molecular flexibility index (Phi) is 1.77. The molecule has 3 nitrogen and oxygen atoms in total. The maximum absolute atomic E-state index is 12.9. The minimum atomic E-state index is -1.08. The normalized spacial score (nSPS) is 10.3. The minimum absolute atomic E-state index is 0.0805. The predicted molar refractivity (Wildman–Crippen MR) is 41.9 cm³/mol. The van der Waals surface area contributed by atoms with Gasteiger partial charge in [-0.3, -0.25) is 0 Å². The fourth-order valence-electron chi connectivity index (χ4n) is 1.02. The summed E-state index contributed by atoms with van der Waals surface area (Å²) in [6.07, 6.45) is 0. The van der Waals surface area contributed by atoms with Crippen molar-refractivity contribution in [2.75, 3.05) is 0 Å². The van der Waals surface area contributed by atoms with Crippen LogP contribution in [0.4, 0.5) is 8.87 Å². The van der Waals surface area contributed by atoms with E-state index < -0.39 is 5.95 Å². The number of nitrogens with zero attached hydrogens (tertiary/aromatic N) is 3. The lowest BCUT2D eigenvalue weighted by molar-refractivity contribution is 0.250. The Balaban J connectivity index is 2.53. The van der Waals surface area contributed by atoms with Crippen molar-refractivity contribution < 1.29 is 8.87 Å². The summed E-state index contributed by atoms with van der Waals surface area (Å²) in [5.74, 6) is -1.08. The molecular formula is C8H5F2N3. The van der Waals surface area contributed by atoms with Gasteiger partial charge in [0.1, 0.15) is 0 Å². The van der Waals surface area contributed by atoms with Gasteiger partial charge in [-0.25, -0.2) is 0 Å². The van der Waals surface area contributed by atoms with Crippen molar-refractivity contribution >= 4 is 0 Å². The van der Waals surface area contributed by atoms with E-state index in [2.05, 4.69) is 10.3 Å². The number of rotatable bonds is 1. The molecule has 0 saturated heterocycles. The van der Waals surface area contributed by atoms with Gasteiger partial charge in [0.15, 0.2) is 5.69 Å². The lowest BCUT2D eigenvalue weighted by atomic mass is 10.2. The van der Waals surface area contributed by atoms with Crippen molar-refractivity contribution in [1.82, 2.24) is 15.2 Å². The van der Waals surface area contributed by atoms with E-state index in [0.29, 0.717) is 5.56 Å². The number of aromatic nitrogens is 3. The minimum Gasteiger partial charge on any atom is -0.180 e. The molecule has 2 aromatic rings. The highest BCUT2D eigenvalue weighted by Crippen LogP contribution is 2.18. The summed E-state index contributed by atoms with van der Waals surface area (Å²) in [5, 5.41) is 6.27. The van der Waals surface area contributed by atoms with Gasteiger partial charge in [-0.1, -0.05) is 34.8 Å². The van der Waals surface area contributed by atoms with Crippen LogP contribution in [0.2, 0.25) is 0 Å². The number of hydrogen-bond acceptors (Lipinski definition) is 2. The summed E-state index contributed by atoms with van der Waals surface area (Å²) in [4.78, 5) is -0.387. The van der Waals surface area contributed by atoms with Crippen molar-refractivity contribution in [3.63, 3.8) is 0 Å². The van der Waals surface area contributed by atoms with Crippen LogP contribution in [0.25, 0.3) is 11.3 Å². The average molecular weight is 181 g/mol. The van der Waals surface area contributed by atoms with Crippen LogP contribution in [0.3, 0.4) is 0 Å². The number of hydrogen-bond donors (Lipinski definition) is 0. The van der Waals surface area contributed by atoms with Crippen LogP contribution < -0.4 is 0 Å². The number of benzene rings is 1. The zero-order chi connectivity index (χ0) is 9.26. The third-order valence-electron chi connectivity index (χ3n) is 1.63. The van der Waals surface area contributed by atoms with Crippen LogP contribution in [0.5, 0.6) is 0 Å². The molecule has 0 radical (unpaired) electrons. The molecule has 0 aliphatic heterocycles. The Bertz CT molecular complexity index is 411. The summed E-state index contributed by atoms with van der Waals surface area (Å²) >= 11 is 0. The standard InChI is InChI=1S/C8H5F2N3/c9-8-7(11-12-13(8)10)6-4-2-1-3-5-6/h1-5H. The van der Waals surface area contributed by atoms with E-state index >= 15 is 0 Å². The lowest BCUT2D eigenvalue weighted by Gasteiger charge is -1.92. The van der Waals surface area contributed by atoms with E-state index in [4.69, 9.17) is 0 Å². The summed E-state index contributed by atoms with van der Waals surface area (Å²) in [6, 6.07) is 8.47. The molecule has 0 atom stereocenters. The molecule has 0 spiro atoms. The summed E-state index contributed by atoms with van der Waals surface area (Å²) in [6.45, 7) is 0. The zero-order valence-electron chi connectivity index (χ0n) is 6.48. The molecular weight excluding hydrogens is 176 g/mol. The van der Waals surface area contributed by atoms with Gasteiger partial charge in [0, 0.05) is 5.56 Å². The van der Waals surface area contributed by atoms with E-state index in [1.54, 1.807) is 30.3 Å². The molecule has 1 heterocycles. The van der Waals surface area contributed by atoms with Gasteiger partial charge in [0.05, 0.1) is 0 Å². The van der Waals surface area contributed by atoms with Gasteiger partial charge in [-0.2, -0.15) is 4.39 Å². The van der Waals surface area contributed by atoms with Gasteiger partial charge in [-0.05, 0) is 10.1 Å². The van der Waals surface area contributed by atoms with E-state index in [-0.39, 0.29) is 10.6 Å². The topological polar surface area (TPSA) is 30.7 Å². The summed E-state index contributed by atoms with van der Waals surface area (Å²) in [5.41, 5.74) is 0.423. The third kappa shape index (κ3) is 1.28. The first-order valence-corrected chi connectivity index (χ1v) is 3.62. The smallest absolute Gasteiger partial charge is 0.180 e. The fourth-order valence-corrected chi connectivity index (χ4v) is 1.02. The first kappa shape index (κ1) is 7.85. The van der Waals surface area contributed by atoms with E-state index in [1.165, 1.54) is 0 Å². The van der Waals surface area contributed by atoms with Gasteiger partial charge in [0.2, 0.25) is 0 Å². The van der Waals surface area contributed by atoms with Gasteiger partial charge in [0.25, 0.3) is 5.95 Å². The first-order valence-electron chi connectivity index (χ1n) is 3.62. The molecule has 0 N–H and O–H groups in total. The molecule has 0 amide bonds. The molecule has 0 saturated carbocycles. The molecule has 0 bridgehead atoms. The van der Waals surface area contributed by atoms with Crippen molar-refractivity contribution in [2.45, 2.75) is 0 Å². The predicted octanol–water partition coefficient (Wildman–Crippen LogP) is 1.82. The second-order valence-electron chi connectivity index (χ2n) is 2.45. The monoisotopic (exact) mass is 181 g/mol. The molecule has 5 heteroatoms. The molecule has 13 heavy (non-hydrogen) atoms. The molecule has 0 aliphatic rings. The molecule has 0 unspecified atom stereocenters. The highest BCUT2D eigenvalue weighted by atomic mass is 19.2. The Morgan fingerprint density at radius 1 is 1.15 bits per heavy atom. The van der Waals surface area contributed by atoms with Crippen LogP contribution in [0.1, 0.15) is 0 Å². The van der Waals surface area contributed by atoms with Gasteiger partial charge >= 0.3 is 0 Å². The maximum atomic E-state index is 12.9. The Labute approximate surface area is 72.6 Å². The van der Waals surface area contributed by atoms with Crippen molar-refractivity contribution in [3.05, 3.63) is 36.3 Å². The Morgan fingerprint density at radius 3 is 2.38 bits per heavy atom. The maximum Gasteiger partial charge on any atom is 0.272 e. The molecule has 2 rings (SSSR count). The number of halogens is 2. The van der Waals surface area contributed by atoms with Crippen LogP contribution in [-0.4, -0.2) is 15.2 Å². The fraction of sp³-hybridized carbons (Fsp3) is 0. The second-order valence-corrected chi connectivity index (χ2v) is 2.45. The van der Waals surface area contributed by atoms with Crippen LogP contribution >= 0.6 is 0 Å². The average Bonchev–Trinajstić information content (AvgIpc) is 2.49. The summed E-state index contributed by atoms with van der Waals surface area (Å²) in [7, 11) is 0. The van der Waals surface area contributed by atoms with Crippen molar-refractivity contribution in [2.24, 2.45) is 0 Å². The third-order valence-corrected chi connectivity index (χ3v) is 1.63. The van der Waals surface area contributed by atoms with Crippen LogP contribution in [0, 0.1) is 5.95 Å². The van der Waals surface area contributed by atoms with Crippen LogP contribution in [0.15, 0.2) is 30.3 Å². The quantitative estimate of drug-likeness (QED) is 0.671. The highest BCUT2D eigenvalue weighted by molar-refractivity contribution is 5.57. The molecule has 0 aliphatic carbocycles. The SMILES string of the molecule is Fc1c(-c2ccccc2)nnn1F. The van der Waals surface area contributed by atoms with E-state index in [9.17, 15) is 8.87 Å². The van der Waals surface area contributed by atoms with Gasteiger partial charge in [-0.15, -0.1) is 5.10 Å². The molecule has 1 aromatic heterocycles.